The van der Waals surface area contributed by atoms with Crippen LogP contribution in [0.15, 0.2) is 24.3 Å². The fourth-order valence-corrected chi connectivity index (χ4v) is 3.10. The van der Waals surface area contributed by atoms with E-state index in [2.05, 4.69) is 18.2 Å². The van der Waals surface area contributed by atoms with Gasteiger partial charge in [0.05, 0.1) is 11.6 Å². The highest BCUT2D eigenvalue weighted by Crippen LogP contribution is 2.62. The van der Waals surface area contributed by atoms with E-state index in [0.717, 1.165) is 23.3 Å². The minimum absolute atomic E-state index is 0.777. The quantitative estimate of drug-likeness (QED) is 0.656. The van der Waals surface area contributed by atoms with Gasteiger partial charge in [-0.25, -0.2) is 0 Å². The summed E-state index contributed by atoms with van der Waals surface area (Å²) in [6.07, 6.45) is 4.28. The molecular formula is C13H13N. The second-order valence-corrected chi connectivity index (χ2v) is 4.52. The molecule has 0 heterocycles. The van der Waals surface area contributed by atoms with Gasteiger partial charge in [-0.3, -0.25) is 0 Å². The summed E-state index contributed by atoms with van der Waals surface area (Å²) >= 11 is 0. The van der Waals surface area contributed by atoms with Gasteiger partial charge in [0.2, 0.25) is 0 Å². The molecule has 0 amide bonds. The average Bonchev–Trinajstić information content (AvgIpc) is 2.72. The molecule has 2 fully saturated rings. The van der Waals surface area contributed by atoms with Crippen molar-refractivity contribution in [3.63, 3.8) is 0 Å². The molecule has 1 nitrogen and oxygen atoms in total. The first-order valence-corrected chi connectivity index (χ1v) is 5.40. The van der Waals surface area contributed by atoms with Gasteiger partial charge in [-0.1, -0.05) is 18.6 Å². The fourth-order valence-electron chi connectivity index (χ4n) is 3.10. The first-order valence-electron chi connectivity index (χ1n) is 5.40. The molecule has 0 spiro atoms. The Balaban J connectivity index is 1.82. The van der Waals surface area contributed by atoms with Crippen LogP contribution in [0.5, 0.6) is 0 Å². The number of fused-ring (bicyclic) bond motifs is 1. The van der Waals surface area contributed by atoms with Gasteiger partial charge >= 0.3 is 0 Å². The molecule has 2 aliphatic rings. The third-order valence-electron chi connectivity index (χ3n) is 3.83. The third-order valence-corrected chi connectivity index (χ3v) is 3.83. The summed E-state index contributed by atoms with van der Waals surface area (Å²) in [5.41, 5.74) is 2.23. The average molecular weight is 183 g/mol. The molecule has 3 rings (SSSR count). The van der Waals surface area contributed by atoms with Crippen molar-refractivity contribution in [1.29, 1.82) is 5.26 Å². The van der Waals surface area contributed by atoms with Crippen molar-refractivity contribution < 1.29 is 0 Å². The Kier molecular flexibility index (Phi) is 1.64. The van der Waals surface area contributed by atoms with Gasteiger partial charge in [-0.05, 0) is 48.3 Å². The van der Waals surface area contributed by atoms with Crippen LogP contribution in [0.2, 0.25) is 0 Å². The Hall–Kier alpha value is -1.29. The molecule has 0 N–H and O–H groups in total. The number of benzene rings is 1. The van der Waals surface area contributed by atoms with E-state index in [1.807, 2.05) is 12.1 Å². The number of nitriles is 1. The van der Waals surface area contributed by atoms with Crippen LogP contribution in [-0.2, 0) is 0 Å². The minimum Gasteiger partial charge on any atom is -0.192 e. The van der Waals surface area contributed by atoms with E-state index >= 15 is 0 Å². The highest BCUT2D eigenvalue weighted by molar-refractivity contribution is 5.36. The Bertz CT molecular complexity index is 375. The van der Waals surface area contributed by atoms with Crippen molar-refractivity contribution >= 4 is 0 Å². The van der Waals surface area contributed by atoms with Crippen LogP contribution in [-0.4, -0.2) is 0 Å². The van der Waals surface area contributed by atoms with Gasteiger partial charge in [0.25, 0.3) is 0 Å². The maximum atomic E-state index is 8.69. The van der Waals surface area contributed by atoms with Gasteiger partial charge in [0.1, 0.15) is 0 Å². The number of nitrogens with zero attached hydrogens (tertiary/aromatic N) is 1. The Morgan fingerprint density at radius 1 is 1.07 bits per heavy atom. The van der Waals surface area contributed by atoms with Gasteiger partial charge in [-0.15, -0.1) is 0 Å². The zero-order valence-corrected chi connectivity index (χ0v) is 8.11. The van der Waals surface area contributed by atoms with Gasteiger partial charge in [0, 0.05) is 0 Å². The van der Waals surface area contributed by atoms with E-state index in [1.54, 1.807) is 0 Å². The van der Waals surface area contributed by atoms with Crippen LogP contribution in [0.1, 0.15) is 36.3 Å². The highest BCUT2D eigenvalue weighted by atomic mass is 14.6. The van der Waals surface area contributed by atoms with E-state index in [1.165, 1.54) is 24.8 Å². The SMILES string of the molecule is N#Cc1ccc(C2C3CCCC32)cc1. The van der Waals surface area contributed by atoms with Gasteiger partial charge in [0.15, 0.2) is 0 Å². The molecule has 0 aliphatic heterocycles. The van der Waals surface area contributed by atoms with Crippen molar-refractivity contribution in [2.24, 2.45) is 11.8 Å². The second kappa shape index (κ2) is 2.85. The van der Waals surface area contributed by atoms with E-state index in [-0.39, 0.29) is 0 Å². The van der Waals surface area contributed by atoms with Crippen molar-refractivity contribution in [3.8, 4) is 6.07 Å². The Morgan fingerprint density at radius 3 is 2.29 bits per heavy atom. The lowest BCUT2D eigenvalue weighted by atomic mass is 10.0. The van der Waals surface area contributed by atoms with E-state index in [0.29, 0.717) is 0 Å². The van der Waals surface area contributed by atoms with E-state index < -0.39 is 0 Å². The zero-order chi connectivity index (χ0) is 9.54. The van der Waals surface area contributed by atoms with Crippen LogP contribution in [0, 0.1) is 23.2 Å². The summed E-state index contributed by atoms with van der Waals surface area (Å²) in [7, 11) is 0. The maximum Gasteiger partial charge on any atom is 0.0991 e. The monoisotopic (exact) mass is 183 g/mol. The molecular weight excluding hydrogens is 170 g/mol. The standard InChI is InChI=1S/C13H13N/c14-8-9-4-6-10(7-5-9)13-11-2-1-3-12(11)13/h4-7,11-13H,1-3H2. The number of hydrogen-bond acceptors (Lipinski definition) is 1. The zero-order valence-electron chi connectivity index (χ0n) is 8.11. The fraction of sp³-hybridized carbons (Fsp3) is 0.462. The minimum atomic E-state index is 0.777. The van der Waals surface area contributed by atoms with Crippen molar-refractivity contribution in [3.05, 3.63) is 35.4 Å². The lowest BCUT2D eigenvalue weighted by molar-refractivity contribution is 0.682. The van der Waals surface area contributed by atoms with Gasteiger partial charge in [-0.2, -0.15) is 5.26 Å². The Labute approximate surface area is 84.4 Å². The maximum absolute atomic E-state index is 8.69. The lowest BCUT2D eigenvalue weighted by Gasteiger charge is -2.02. The van der Waals surface area contributed by atoms with Crippen molar-refractivity contribution in [2.45, 2.75) is 25.2 Å². The molecule has 14 heavy (non-hydrogen) atoms. The second-order valence-electron chi connectivity index (χ2n) is 4.52. The molecule has 2 aliphatic carbocycles. The molecule has 0 aromatic heterocycles. The van der Waals surface area contributed by atoms with Crippen LogP contribution in [0.3, 0.4) is 0 Å². The highest BCUT2D eigenvalue weighted by Gasteiger charge is 2.52. The van der Waals surface area contributed by atoms with E-state index in [9.17, 15) is 0 Å². The molecule has 0 saturated heterocycles. The predicted molar refractivity (Wildman–Crippen MR) is 54.7 cm³/mol. The largest absolute Gasteiger partial charge is 0.192 e. The predicted octanol–water partition coefficient (Wildman–Crippen LogP) is 3.07. The molecule has 1 heteroatoms. The molecule has 2 atom stereocenters. The topological polar surface area (TPSA) is 23.8 Å². The summed E-state index contributed by atoms with van der Waals surface area (Å²) in [4.78, 5) is 0. The number of hydrogen-bond donors (Lipinski definition) is 0. The summed E-state index contributed by atoms with van der Waals surface area (Å²) < 4.78 is 0. The van der Waals surface area contributed by atoms with Crippen LogP contribution in [0.25, 0.3) is 0 Å². The molecule has 2 unspecified atom stereocenters. The third kappa shape index (κ3) is 1.07. The summed E-state index contributed by atoms with van der Waals surface area (Å²) in [5.74, 6) is 2.78. The van der Waals surface area contributed by atoms with Crippen LogP contribution >= 0.6 is 0 Å². The van der Waals surface area contributed by atoms with Crippen molar-refractivity contribution in [1.82, 2.24) is 0 Å². The lowest BCUT2D eigenvalue weighted by Crippen LogP contribution is -1.87. The molecule has 0 bridgehead atoms. The molecule has 70 valence electrons. The summed E-state index contributed by atoms with van der Waals surface area (Å²) in [6, 6.07) is 10.3. The van der Waals surface area contributed by atoms with Gasteiger partial charge < -0.3 is 0 Å². The molecule has 0 radical (unpaired) electrons. The molecule has 2 saturated carbocycles. The normalized spacial score (nSPS) is 33.5. The van der Waals surface area contributed by atoms with E-state index in [4.69, 9.17) is 5.26 Å². The molecule has 1 aromatic carbocycles. The first kappa shape index (κ1) is 8.05. The summed E-state index contributed by atoms with van der Waals surface area (Å²) in [5, 5.41) is 8.69. The smallest absolute Gasteiger partial charge is 0.0991 e. The van der Waals surface area contributed by atoms with Crippen LogP contribution in [0.4, 0.5) is 0 Å². The number of rotatable bonds is 1. The Morgan fingerprint density at radius 2 is 1.71 bits per heavy atom. The molecule has 1 aromatic rings. The van der Waals surface area contributed by atoms with Crippen molar-refractivity contribution in [2.75, 3.05) is 0 Å². The van der Waals surface area contributed by atoms with Crippen LogP contribution < -0.4 is 0 Å². The first-order chi connectivity index (χ1) is 6.90. The summed E-state index contributed by atoms with van der Waals surface area (Å²) in [6.45, 7) is 0.